The molecule has 11 aromatic carbocycles. The third-order valence-electron chi connectivity index (χ3n) is 15.4. The zero-order valence-electron chi connectivity index (χ0n) is 40.2. The lowest BCUT2D eigenvalue weighted by molar-refractivity contribution is 0.619. The first-order valence-corrected chi connectivity index (χ1v) is 25.3. The van der Waals surface area contributed by atoms with Gasteiger partial charge in [0.05, 0.1) is 72.3 Å². The van der Waals surface area contributed by atoms with E-state index < -0.39 is 0 Å². The van der Waals surface area contributed by atoms with Crippen LogP contribution in [0, 0.1) is 11.3 Å². The number of hydrogen-bond donors (Lipinski definition) is 0. The van der Waals surface area contributed by atoms with Crippen LogP contribution in [0.5, 0.6) is 0 Å². The van der Waals surface area contributed by atoms with E-state index in [2.05, 4.69) is 243 Å². The van der Waals surface area contributed by atoms with E-state index in [1.807, 2.05) is 24.3 Å². The molecule has 0 saturated carbocycles. The Kier molecular flexibility index (Phi) is 8.68. The lowest BCUT2D eigenvalue weighted by atomic mass is 9.90. The molecule has 0 unspecified atom stereocenters. The summed E-state index contributed by atoms with van der Waals surface area (Å²) < 4.78 is 16.6. The van der Waals surface area contributed by atoms with Crippen LogP contribution in [0.2, 0.25) is 0 Å². The van der Waals surface area contributed by atoms with Crippen LogP contribution in [0.3, 0.4) is 0 Å². The Morgan fingerprint density at radius 1 is 0.320 bits per heavy atom. The molecule has 0 radical (unpaired) electrons. The summed E-state index contributed by atoms with van der Waals surface area (Å²) in [5.74, 6) is 0.400. The van der Waals surface area contributed by atoms with Crippen molar-refractivity contribution >= 4 is 98.3 Å². The highest BCUT2D eigenvalue weighted by molar-refractivity contribution is 6.16. The van der Waals surface area contributed by atoms with Gasteiger partial charge in [-0.1, -0.05) is 170 Å². The second kappa shape index (κ2) is 15.8. The van der Waals surface area contributed by atoms with Crippen molar-refractivity contribution in [3.8, 4) is 51.4 Å². The van der Waals surface area contributed by atoms with E-state index in [9.17, 15) is 5.26 Å². The summed E-state index contributed by atoms with van der Waals surface area (Å²) in [6.07, 6.45) is 0. The minimum atomic E-state index is 0.400. The Morgan fingerprint density at radius 2 is 0.640 bits per heavy atom. The van der Waals surface area contributed by atoms with Gasteiger partial charge in [-0.25, -0.2) is 4.98 Å². The first-order valence-electron chi connectivity index (χ1n) is 25.3. The normalized spacial score (nSPS) is 12.0. The molecule has 0 fully saturated rings. The topological polar surface area (TPSA) is 69.5 Å². The largest absolute Gasteiger partial charge is 0.436 e. The number of benzene rings is 11. The molecular formula is C68H40N6O. The fraction of sp³-hybridized carbons (Fsp3) is 0. The summed E-state index contributed by atoms with van der Waals surface area (Å²) in [5, 5.41) is 21.5. The number of para-hydroxylation sites is 10. The number of aromatic nitrogens is 5. The average molecular weight is 957 g/mol. The van der Waals surface area contributed by atoms with Gasteiger partial charge in [0.25, 0.3) is 0 Å². The number of hydrogen-bond acceptors (Lipinski definition) is 3. The predicted octanol–water partition coefficient (Wildman–Crippen LogP) is 17.4. The van der Waals surface area contributed by atoms with Crippen LogP contribution in [0.4, 0.5) is 0 Å². The molecule has 0 aliphatic rings. The van der Waals surface area contributed by atoms with Gasteiger partial charge in [0, 0.05) is 54.3 Å². The molecule has 0 aliphatic heterocycles. The van der Waals surface area contributed by atoms with Gasteiger partial charge in [0.2, 0.25) is 5.89 Å². The molecule has 0 saturated heterocycles. The van der Waals surface area contributed by atoms with Gasteiger partial charge in [-0.05, 0) is 78.4 Å². The Morgan fingerprint density at radius 3 is 1.01 bits per heavy atom. The molecule has 16 rings (SSSR count). The third kappa shape index (κ3) is 5.76. The molecule has 5 aromatic heterocycles. The van der Waals surface area contributed by atoms with Crippen LogP contribution in [-0.4, -0.2) is 23.3 Å². The van der Waals surface area contributed by atoms with E-state index in [0.29, 0.717) is 28.3 Å². The Labute approximate surface area is 428 Å². The first kappa shape index (κ1) is 41.2. The van der Waals surface area contributed by atoms with E-state index in [1.54, 1.807) is 0 Å². The van der Waals surface area contributed by atoms with E-state index in [4.69, 9.17) is 9.40 Å². The zero-order chi connectivity index (χ0) is 49.3. The number of nitriles is 1. The van der Waals surface area contributed by atoms with E-state index in [-0.39, 0.29) is 0 Å². The van der Waals surface area contributed by atoms with Gasteiger partial charge in [-0.3, -0.25) is 0 Å². The summed E-state index contributed by atoms with van der Waals surface area (Å²) in [6, 6.07) is 88.4. The fourth-order valence-electron chi connectivity index (χ4n) is 12.4. The standard InChI is InChI=1S/C68H40N6O/c69-41-52-63(42-37-39-43(40-38-42)71-54-28-10-1-19-44(54)45-20-2-11-29-55(45)71)66(73-58-32-14-5-23-48(58)49-24-6-15-33-59(49)73)67(74-60-34-16-7-25-50(60)51-26-8-17-35-61(51)74)64(68-70-53-27-9-18-36-62(53)75-68)65(52)72-56-30-12-3-21-46(56)47-22-4-13-31-57(47)72/h1-40H. The molecule has 0 bridgehead atoms. The Balaban J connectivity index is 1.17. The summed E-state index contributed by atoms with van der Waals surface area (Å²) >= 11 is 0. The molecule has 7 nitrogen and oxygen atoms in total. The SMILES string of the molecule is N#Cc1c(-c2ccc(-n3c4ccccc4c4ccccc43)cc2)c(-n2c3ccccc3c3ccccc32)c(-n2c3ccccc3c3ccccc32)c(-c2nc3ccccc3o2)c1-n1c2ccccc2c2ccccc21. The molecule has 7 heteroatoms. The molecule has 5 heterocycles. The van der Waals surface area contributed by atoms with Gasteiger partial charge in [-0.2, -0.15) is 5.26 Å². The zero-order valence-corrected chi connectivity index (χ0v) is 40.2. The number of nitrogens with zero attached hydrogens (tertiary/aromatic N) is 6. The van der Waals surface area contributed by atoms with Gasteiger partial charge < -0.3 is 22.7 Å². The van der Waals surface area contributed by atoms with Crippen LogP contribution in [-0.2, 0) is 0 Å². The monoisotopic (exact) mass is 956 g/mol. The maximum atomic E-state index is 12.5. The van der Waals surface area contributed by atoms with Crippen molar-refractivity contribution in [3.05, 3.63) is 248 Å². The van der Waals surface area contributed by atoms with Crippen molar-refractivity contribution in [2.45, 2.75) is 0 Å². The van der Waals surface area contributed by atoms with Gasteiger partial charge in [0.15, 0.2) is 5.58 Å². The molecule has 0 amide bonds. The van der Waals surface area contributed by atoms with Crippen molar-refractivity contribution in [1.29, 1.82) is 5.26 Å². The second-order valence-corrected chi connectivity index (χ2v) is 19.3. The highest BCUT2D eigenvalue weighted by Crippen LogP contribution is 2.52. The first-order chi connectivity index (χ1) is 37.2. The van der Waals surface area contributed by atoms with E-state index in [1.165, 1.54) is 10.8 Å². The quantitative estimate of drug-likeness (QED) is 0.167. The third-order valence-corrected chi connectivity index (χ3v) is 15.4. The second-order valence-electron chi connectivity index (χ2n) is 19.3. The van der Waals surface area contributed by atoms with Gasteiger partial charge in [0.1, 0.15) is 11.6 Å². The van der Waals surface area contributed by atoms with Crippen molar-refractivity contribution in [2.75, 3.05) is 0 Å². The van der Waals surface area contributed by atoms with Crippen molar-refractivity contribution < 1.29 is 4.42 Å². The smallest absolute Gasteiger partial charge is 0.231 e. The lowest BCUT2D eigenvalue weighted by Crippen LogP contribution is -2.14. The van der Waals surface area contributed by atoms with Gasteiger partial charge >= 0.3 is 0 Å². The summed E-state index contributed by atoms with van der Waals surface area (Å²) in [5.41, 5.74) is 15.7. The maximum absolute atomic E-state index is 12.5. The van der Waals surface area contributed by atoms with Gasteiger partial charge in [-0.15, -0.1) is 0 Å². The molecule has 75 heavy (non-hydrogen) atoms. The minimum Gasteiger partial charge on any atom is -0.436 e. The van der Waals surface area contributed by atoms with E-state index >= 15 is 0 Å². The van der Waals surface area contributed by atoms with Crippen LogP contribution < -0.4 is 0 Å². The predicted molar refractivity (Wildman–Crippen MR) is 307 cm³/mol. The van der Waals surface area contributed by atoms with Crippen molar-refractivity contribution in [2.24, 2.45) is 0 Å². The highest BCUT2D eigenvalue weighted by Gasteiger charge is 2.35. The summed E-state index contributed by atoms with van der Waals surface area (Å²) in [4.78, 5) is 5.44. The van der Waals surface area contributed by atoms with Crippen molar-refractivity contribution in [1.82, 2.24) is 23.3 Å². The molecule has 0 atom stereocenters. The maximum Gasteiger partial charge on any atom is 0.231 e. The molecule has 16 aromatic rings. The number of rotatable bonds is 6. The van der Waals surface area contributed by atoms with Crippen LogP contribution in [0.25, 0.3) is 144 Å². The van der Waals surface area contributed by atoms with Crippen LogP contribution in [0.15, 0.2) is 247 Å². The Hall–Kier alpha value is -10.4. The number of oxazole rings is 1. The average Bonchev–Trinajstić information content (AvgIpc) is 4.42. The molecule has 0 aliphatic carbocycles. The Bertz CT molecular complexity index is 4840. The number of fused-ring (bicyclic) bond motifs is 13. The molecule has 348 valence electrons. The highest BCUT2D eigenvalue weighted by atomic mass is 16.3. The molecular weight excluding hydrogens is 917 g/mol. The van der Waals surface area contributed by atoms with Crippen molar-refractivity contribution in [3.63, 3.8) is 0 Å². The minimum absolute atomic E-state index is 0.400. The summed E-state index contributed by atoms with van der Waals surface area (Å²) in [7, 11) is 0. The molecule has 0 N–H and O–H groups in total. The molecule has 0 spiro atoms. The van der Waals surface area contributed by atoms with Crippen LogP contribution >= 0.6 is 0 Å². The summed E-state index contributed by atoms with van der Waals surface area (Å²) in [6.45, 7) is 0. The van der Waals surface area contributed by atoms with E-state index in [0.717, 1.165) is 110 Å². The fourth-order valence-corrected chi connectivity index (χ4v) is 12.4. The lowest BCUT2D eigenvalue weighted by Gasteiger charge is -2.27. The van der Waals surface area contributed by atoms with Crippen LogP contribution in [0.1, 0.15) is 5.56 Å².